The number of aryl methyl sites for hydroxylation is 4. The molecule has 6 rings (SSSR count). The second-order valence-electron chi connectivity index (χ2n) is 17.3. The third-order valence-electron chi connectivity index (χ3n) is 11.9. The van der Waals surface area contributed by atoms with Crippen LogP contribution in [0.4, 0.5) is 4.79 Å². The van der Waals surface area contributed by atoms with E-state index in [0.29, 0.717) is 0 Å². The molecule has 0 radical (unpaired) electrons. The first-order valence-electron chi connectivity index (χ1n) is 25.2. The lowest BCUT2D eigenvalue weighted by molar-refractivity contribution is -0.415. The third kappa shape index (κ3) is 20.4. The molecular weight excluding hydrogens is 845 g/mol. The van der Waals surface area contributed by atoms with Gasteiger partial charge in [-0.2, -0.15) is 0 Å². The van der Waals surface area contributed by atoms with Crippen molar-refractivity contribution in [1.29, 1.82) is 0 Å². The fourth-order valence-corrected chi connectivity index (χ4v) is 12.2. The molecule has 0 aliphatic carbocycles. The zero-order chi connectivity index (χ0) is 47.0. The second-order valence-corrected chi connectivity index (χ2v) is 21.4. The Morgan fingerprint density at radius 1 is 0.303 bits per heavy atom. The van der Waals surface area contributed by atoms with Crippen LogP contribution >= 0.6 is 0 Å². The van der Waals surface area contributed by atoms with E-state index >= 15 is 0 Å². The number of unbranched alkanes of at least 4 members (excludes halogenated alkanes) is 12. The highest BCUT2D eigenvalue weighted by atomic mass is 32.2. The van der Waals surface area contributed by atoms with Crippen molar-refractivity contribution in [2.45, 2.75) is 185 Å². The summed E-state index contributed by atoms with van der Waals surface area (Å²) in [6.07, 6.45) is 23.7. The molecule has 6 aromatic carbocycles. The van der Waals surface area contributed by atoms with Gasteiger partial charge in [0, 0.05) is 0 Å². The monoisotopic (exact) mass is 923 g/mol. The second kappa shape index (κ2) is 32.9. The standard InChI is InChI=1S/2C30H39S.CH2O3/c2*1-3-5-7-10-14-26-18-22-29(23-19-26)31(28-16-12-9-13-17-28)30-24-20-27(21-25-30)15-11-8-6-4-2;2-1(3)4/h2*9,12-13,16-25H,3-8,10-11,14-15H2,1-2H3;(H2,2,3,4)/q2*+1;/p-2. The predicted octanol–water partition coefficient (Wildman–Crippen LogP) is 15.6. The summed E-state index contributed by atoms with van der Waals surface area (Å²) in [6, 6.07) is 59.8. The van der Waals surface area contributed by atoms with E-state index in [9.17, 15) is 0 Å². The van der Waals surface area contributed by atoms with Crippen LogP contribution in [0.5, 0.6) is 0 Å². The number of hydrogen-bond acceptors (Lipinski definition) is 3. The third-order valence-corrected chi connectivity index (χ3v) is 16.3. The van der Waals surface area contributed by atoms with Crippen molar-refractivity contribution in [3.8, 4) is 0 Å². The lowest BCUT2D eigenvalue weighted by Crippen LogP contribution is -2.37. The van der Waals surface area contributed by atoms with Crippen LogP contribution in [0.2, 0.25) is 0 Å². The normalized spacial score (nSPS) is 10.9. The first-order chi connectivity index (χ1) is 32.4. The molecular formula is C61H78O3S2. The first-order valence-corrected chi connectivity index (χ1v) is 27.6. The molecule has 0 amide bonds. The minimum atomic E-state index is -2.33. The van der Waals surface area contributed by atoms with Crippen molar-refractivity contribution in [2.24, 2.45) is 0 Å². The van der Waals surface area contributed by atoms with Gasteiger partial charge in [0.15, 0.2) is 29.4 Å². The average molecular weight is 923 g/mol. The molecule has 0 fully saturated rings. The van der Waals surface area contributed by atoms with E-state index in [-0.39, 0.29) is 21.8 Å². The summed E-state index contributed by atoms with van der Waals surface area (Å²) in [5, 5.41) is 16.7. The molecule has 66 heavy (non-hydrogen) atoms. The van der Waals surface area contributed by atoms with E-state index < -0.39 is 6.16 Å². The van der Waals surface area contributed by atoms with E-state index in [1.54, 1.807) is 0 Å². The number of carbonyl (C=O) groups excluding carboxylic acids is 1. The maximum absolute atomic E-state index is 8.33. The van der Waals surface area contributed by atoms with E-state index in [1.165, 1.54) is 180 Å². The Morgan fingerprint density at radius 3 is 0.697 bits per heavy atom. The van der Waals surface area contributed by atoms with Gasteiger partial charge in [-0.05, 0) is 153 Å². The summed E-state index contributed by atoms with van der Waals surface area (Å²) in [7, 11) is -0.0974. The largest absolute Gasteiger partial charge is 0.652 e. The number of benzene rings is 6. The van der Waals surface area contributed by atoms with Gasteiger partial charge in [0.1, 0.15) is 0 Å². The molecule has 0 heterocycles. The van der Waals surface area contributed by atoms with Gasteiger partial charge in [-0.1, -0.05) is 190 Å². The summed E-state index contributed by atoms with van der Waals surface area (Å²) in [6.45, 7) is 9.10. The quantitative estimate of drug-likeness (QED) is 0.0402. The fraction of sp³-hybridized carbons (Fsp3) is 0.393. The number of hydrogen-bond donors (Lipinski definition) is 0. The summed E-state index contributed by atoms with van der Waals surface area (Å²) in [5.74, 6) is 0. The van der Waals surface area contributed by atoms with Gasteiger partial charge in [0.05, 0.1) is 21.8 Å². The van der Waals surface area contributed by atoms with Gasteiger partial charge in [0.2, 0.25) is 0 Å². The first kappa shape index (κ1) is 53.9. The van der Waals surface area contributed by atoms with Crippen LogP contribution in [0.3, 0.4) is 0 Å². The van der Waals surface area contributed by atoms with E-state index in [2.05, 4.69) is 185 Å². The van der Waals surface area contributed by atoms with Crippen LogP contribution in [-0.2, 0) is 47.5 Å². The van der Waals surface area contributed by atoms with Crippen LogP contribution in [-0.4, -0.2) is 6.16 Å². The molecule has 3 nitrogen and oxygen atoms in total. The van der Waals surface area contributed by atoms with Crippen molar-refractivity contribution in [2.75, 3.05) is 0 Å². The Morgan fingerprint density at radius 2 is 0.500 bits per heavy atom. The Balaban J connectivity index is 0.000000267. The lowest BCUT2D eigenvalue weighted by atomic mass is 10.1. The van der Waals surface area contributed by atoms with Crippen molar-refractivity contribution in [3.63, 3.8) is 0 Å². The molecule has 0 bridgehead atoms. The Kier molecular flexibility index (Phi) is 26.8. The topological polar surface area (TPSA) is 63.2 Å². The lowest BCUT2D eigenvalue weighted by Gasteiger charge is -2.10. The highest BCUT2D eigenvalue weighted by Gasteiger charge is 2.29. The molecule has 0 N–H and O–H groups in total. The summed E-state index contributed by atoms with van der Waals surface area (Å²) >= 11 is 0. The minimum Gasteiger partial charge on any atom is -0.652 e. The molecule has 5 heteroatoms. The minimum absolute atomic E-state index is 0.0487. The predicted molar refractivity (Wildman–Crippen MR) is 280 cm³/mol. The van der Waals surface area contributed by atoms with E-state index in [4.69, 9.17) is 15.0 Å². The highest BCUT2D eigenvalue weighted by Crippen LogP contribution is 2.33. The Bertz CT molecular complexity index is 1850. The average Bonchev–Trinajstić information content (AvgIpc) is 3.35. The fourth-order valence-electron chi connectivity index (χ4n) is 8.12. The molecule has 0 aromatic heterocycles. The van der Waals surface area contributed by atoms with Gasteiger partial charge in [-0.15, -0.1) is 0 Å². The van der Waals surface area contributed by atoms with E-state index in [0.717, 1.165) is 0 Å². The van der Waals surface area contributed by atoms with Gasteiger partial charge < -0.3 is 15.0 Å². The smallest absolute Gasteiger partial charge is 0.166 e. The molecule has 0 saturated heterocycles. The van der Waals surface area contributed by atoms with Crippen LogP contribution in [0, 0.1) is 0 Å². The van der Waals surface area contributed by atoms with Gasteiger partial charge >= 0.3 is 0 Å². The molecule has 0 aliphatic heterocycles. The number of carboxylic acid groups (broad SMARTS) is 2. The summed E-state index contributed by atoms with van der Waals surface area (Å²) in [4.78, 5) is 16.8. The van der Waals surface area contributed by atoms with Crippen LogP contribution in [0.1, 0.15) is 153 Å². The van der Waals surface area contributed by atoms with Crippen molar-refractivity contribution >= 4 is 27.9 Å². The van der Waals surface area contributed by atoms with Crippen LogP contribution < -0.4 is 10.2 Å². The van der Waals surface area contributed by atoms with Gasteiger partial charge in [0.25, 0.3) is 0 Å². The molecule has 352 valence electrons. The van der Waals surface area contributed by atoms with Crippen molar-refractivity contribution < 1.29 is 15.0 Å². The van der Waals surface area contributed by atoms with Crippen LogP contribution in [0.25, 0.3) is 0 Å². The summed E-state index contributed by atoms with van der Waals surface area (Å²) < 4.78 is 0. The molecule has 0 aliphatic rings. The van der Waals surface area contributed by atoms with Crippen molar-refractivity contribution in [1.82, 2.24) is 0 Å². The molecule has 0 saturated carbocycles. The molecule has 0 atom stereocenters. The molecule has 6 aromatic rings. The zero-order valence-corrected chi connectivity index (χ0v) is 42.3. The number of rotatable bonds is 26. The van der Waals surface area contributed by atoms with Crippen molar-refractivity contribution in [3.05, 3.63) is 180 Å². The highest BCUT2D eigenvalue weighted by molar-refractivity contribution is 7.97. The maximum atomic E-state index is 8.33. The number of carbonyl (C=O) groups is 1. The maximum Gasteiger partial charge on any atom is 0.166 e. The Labute approximate surface area is 406 Å². The summed E-state index contributed by atoms with van der Waals surface area (Å²) in [5.41, 5.74) is 5.88. The van der Waals surface area contributed by atoms with E-state index in [1.807, 2.05) is 0 Å². The van der Waals surface area contributed by atoms with Crippen LogP contribution in [0.15, 0.2) is 187 Å². The van der Waals surface area contributed by atoms with Gasteiger partial charge in [-0.25, -0.2) is 0 Å². The Hall–Kier alpha value is -4.71. The molecule has 0 unspecified atom stereocenters. The zero-order valence-electron chi connectivity index (χ0n) is 40.7. The SMILES string of the molecule is CCCCCCc1ccc([S+](c2ccccc2)c2ccc(CCCCCC)cc2)cc1.CCCCCCc1ccc([S+](c2ccccc2)c2ccc(CCCCCC)cc2)cc1.O=C([O-])[O-]. The van der Waals surface area contributed by atoms with Gasteiger partial charge in [-0.3, -0.25) is 0 Å². The molecule has 0 spiro atoms.